The van der Waals surface area contributed by atoms with Crippen LogP contribution in [0.1, 0.15) is 10.4 Å². The first kappa shape index (κ1) is 11.8. The Morgan fingerprint density at radius 1 is 0.889 bits per heavy atom. The standard InChI is InChI=1S/C13H13N3O2/c14-9-2-1-3-12(7-9)18-13(17)8-4-10(15)6-11(16)5-8/h1-7H,14-16H2. The Morgan fingerprint density at radius 3 is 2.17 bits per heavy atom. The highest BCUT2D eigenvalue weighted by Gasteiger charge is 2.10. The molecule has 0 aliphatic rings. The number of esters is 1. The van der Waals surface area contributed by atoms with Crippen molar-refractivity contribution in [3.05, 3.63) is 48.0 Å². The number of anilines is 3. The Morgan fingerprint density at radius 2 is 1.56 bits per heavy atom. The van der Waals surface area contributed by atoms with Crippen LogP contribution in [0.2, 0.25) is 0 Å². The van der Waals surface area contributed by atoms with Crippen molar-refractivity contribution in [1.29, 1.82) is 0 Å². The Bertz CT molecular complexity index is 576. The molecule has 0 aliphatic carbocycles. The molecule has 2 aromatic rings. The van der Waals surface area contributed by atoms with E-state index < -0.39 is 5.97 Å². The van der Waals surface area contributed by atoms with E-state index in [1.807, 2.05) is 0 Å². The van der Waals surface area contributed by atoms with Crippen molar-refractivity contribution in [2.45, 2.75) is 0 Å². The summed E-state index contributed by atoms with van der Waals surface area (Å²) in [5.41, 5.74) is 18.4. The molecule has 0 bridgehead atoms. The molecule has 0 radical (unpaired) electrons. The van der Waals surface area contributed by atoms with E-state index in [1.54, 1.807) is 30.3 Å². The largest absolute Gasteiger partial charge is 0.423 e. The summed E-state index contributed by atoms with van der Waals surface area (Å²) in [5.74, 6) is -0.152. The van der Waals surface area contributed by atoms with Gasteiger partial charge in [0.05, 0.1) is 5.56 Å². The van der Waals surface area contributed by atoms with Gasteiger partial charge in [-0.25, -0.2) is 4.79 Å². The normalized spacial score (nSPS) is 10.0. The molecule has 6 N–H and O–H groups in total. The smallest absolute Gasteiger partial charge is 0.343 e. The van der Waals surface area contributed by atoms with Gasteiger partial charge in [0.25, 0.3) is 0 Å². The van der Waals surface area contributed by atoms with Gasteiger partial charge in [0.1, 0.15) is 5.75 Å². The van der Waals surface area contributed by atoms with E-state index in [1.165, 1.54) is 12.1 Å². The average Bonchev–Trinajstić information content (AvgIpc) is 2.27. The first-order valence-electron chi connectivity index (χ1n) is 5.28. The maximum Gasteiger partial charge on any atom is 0.343 e. The lowest BCUT2D eigenvalue weighted by atomic mass is 10.2. The van der Waals surface area contributed by atoms with Crippen molar-refractivity contribution < 1.29 is 9.53 Å². The number of ether oxygens (including phenoxy) is 1. The van der Waals surface area contributed by atoms with E-state index in [2.05, 4.69) is 0 Å². The summed E-state index contributed by atoms with van der Waals surface area (Å²) in [7, 11) is 0. The number of carbonyl (C=O) groups excluding carboxylic acids is 1. The summed E-state index contributed by atoms with van der Waals surface area (Å²) in [6, 6.07) is 11.2. The minimum absolute atomic E-state index is 0.301. The van der Waals surface area contributed by atoms with Gasteiger partial charge in [0.15, 0.2) is 0 Å². The fourth-order valence-corrected chi connectivity index (χ4v) is 1.54. The van der Waals surface area contributed by atoms with E-state index in [-0.39, 0.29) is 0 Å². The van der Waals surface area contributed by atoms with Crippen molar-refractivity contribution in [2.24, 2.45) is 0 Å². The third-order valence-electron chi connectivity index (χ3n) is 2.28. The van der Waals surface area contributed by atoms with Gasteiger partial charge in [-0.1, -0.05) is 6.07 Å². The monoisotopic (exact) mass is 243 g/mol. The van der Waals surface area contributed by atoms with Crippen LogP contribution >= 0.6 is 0 Å². The maximum absolute atomic E-state index is 11.9. The highest BCUT2D eigenvalue weighted by Crippen LogP contribution is 2.18. The molecule has 0 saturated heterocycles. The van der Waals surface area contributed by atoms with E-state index in [9.17, 15) is 4.79 Å². The molecule has 92 valence electrons. The number of hydrogen-bond acceptors (Lipinski definition) is 5. The molecule has 0 spiro atoms. The zero-order chi connectivity index (χ0) is 13.1. The number of benzene rings is 2. The molecule has 0 saturated carbocycles. The van der Waals surface area contributed by atoms with Gasteiger partial charge >= 0.3 is 5.97 Å². The second-order valence-electron chi connectivity index (χ2n) is 3.85. The summed E-state index contributed by atoms with van der Waals surface area (Å²) in [5, 5.41) is 0. The molecule has 5 heteroatoms. The lowest BCUT2D eigenvalue weighted by Gasteiger charge is -2.06. The Labute approximate surface area is 104 Å². The van der Waals surface area contributed by atoms with Crippen molar-refractivity contribution in [1.82, 2.24) is 0 Å². The SMILES string of the molecule is Nc1cccc(OC(=O)c2cc(N)cc(N)c2)c1. The van der Waals surface area contributed by atoms with Gasteiger partial charge < -0.3 is 21.9 Å². The summed E-state index contributed by atoms with van der Waals surface area (Å²) in [4.78, 5) is 11.9. The fourth-order valence-electron chi connectivity index (χ4n) is 1.54. The first-order chi connectivity index (χ1) is 8.54. The molecule has 0 fully saturated rings. The van der Waals surface area contributed by atoms with Gasteiger partial charge in [-0.3, -0.25) is 0 Å². The third-order valence-corrected chi connectivity index (χ3v) is 2.28. The van der Waals surface area contributed by atoms with Crippen LogP contribution in [-0.4, -0.2) is 5.97 Å². The molecule has 2 aromatic carbocycles. The summed E-state index contributed by atoms with van der Waals surface area (Å²) in [6.45, 7) is 0. The Hall–Kier alpha value is -2.69. The fraction of sp³-hybridized carbons (Fsp3) is 0. The second kappa shape index (κ2) is 4.67. The van der Waals surface area contributed by atoms with Gasteiger partial charge in [0, 0.05) is 23.1 Å². The van der Waals surface area contributed by atoms with Crippen molar-refractivity contribution in [3.63, 3.8) is 0 Å². The van der Waals surface area contributed by atoms with Gasteiger partial charge in [0.2, 0.25) is 0 Å². The van der Waals surface area contributed by atoms with Gasteiger partial charge in [-0.05, 0) is 30.3 Å². The molecule has 0 unspecified atom stereocenters. The van der Waals surface area contributed by atoms with Crippen molar-refractivity contribution in [2.75, 3.05) is 17.2 Å². The van der Waals surface area contributed by atoms with Gasteiger partial charge in [-0.15, -0.1) is 0 Å². The lowest BCUT2D eigenvalue weighted by Crippen LogP contribution is -2.09. The minimum atomic E-state index is -0.528. The van der Waals surface area contributed by atoms with E-state index in [4.69, 9.17) is 21.9 Å². The molecule has 0 aromatic heterocycles. The summed E-state index contributed by atoms with van der Waals surface area (Å²) in [6.07, 6.45) is 0. The van der Waals surface area contributed by atoms with Crippen LogP contribution in [0.5, 0.6) is 5.75 Å². The molecular formula is C13H13N3O2. The molecule has 0 atom stereocenters. The van der Waals surface area contributed by atoms with E-state index in [0.717, 1.165) is 0 Å². The molecule has 5 nitrogen and oxygen atoms in total. The predicted molar refractivity (Wildman–Crippen MR) is 71.1 cm³/mol. The highest BCUT2D eigenvalue weighted by atomic mass is 16.5. The van der Waals surface area contributed by atoms with E-state index in [0.29, 0.717) is 28.4 Å². The second-order valence-corrected chi connectivity index (χ2v) is 3.85. The molecule has 18 heavy (non-hydrogen) atoms. The van der Waals surface area contributed by atoms with Crippen molar-refractivity contribution >= 4 is 23.0 Å². The van der Waals surface area contributed by atoms with E-state index >= 15 is 0 Å². The Balaban J connectivity index is 2.22. The summed E-state index contributed by atoms with van der Waals surface area (Å²) >= 11 is 0. The van der Waals surface area contributed by atoms with Crippen LogP contribution in [-0.2, 0) is 0 Å². The average molecular weight is 243 g/mol. The molecule has 0 aliphatic heterocycles. The summed E-state index contributed by atoms with van der Waals surface area (Å²) < 4.78 is 5.16. The minimum Gasteiger partial charge on any atom is -0.423 e. The van der Waals surface area contributed by atoms with Crippen LogP contribution in [0.4, 0.5) is 17.1 Å². The van der Waals surface area contributed by atoms with Gasteiger partial charge in [-0.2, -0.15) is 0 Å². The quantitative estimate of drug-likeness (QED) is 0.422. The topological polar surface area (TPSA) is 104 Å². The molecule has 0 amide bonds. The lowest BCUT2D eigenvalue weighted by molar-refractivity contribution is 0.0735. The molecule has 2 rings (SSSR count). The van der Waals surface area contributed by atoms with Crippen LogP contribution in [0.3, 0.4) is 0 Å². The predicted octanol–water partition coefficient (Wildman–Crippen LogP) is 1.65. The number of nitrogens with two attached hydrogens (primary N) is 3. The molecular weight excluding hydrogens is 230 g/mol. The third kappa shape index (κ3) is 2.70. The maximum atomic E-state index is 11.9. The first-order valence-corrected chi connectivity index (χ1v) is 5.28. The Kier molecular flexibility index (Phi) is 3.05. The van der Waals surface area contributed by atoms with Crippen LogP contribution in [0, 0.1) is 0 Å². The van der Waals surface area contributed by atoms with Crippen LogP contribution in [0.25, 0.3) is 0 Å². The number of nitrogen functional groups attached to an aromatic ring is 3. The van der Waals surface area contributed by atoms with Crippen molar-refractivity contribution in [3.8, 4) is 5.75 Å². The van der Waals surface area contributed by atoms with Crippen LogP contribution in [0.15, 0.2) is 42.5 Å². The number of rotatable bonds is 2. The molecule has 0 heterocycles. The highest BCUT2D eigenvalue weighted by molar-refractivity contribution is 5.93. The number of carbonyl (C=O) groups is 1. The zero-order valence-electron chi connectivity index (χ0n) is 9.59. The number of hydrogen-bond donors (Lipinski definition) is 3. The zero-order valence-corrected chi connectivity index (χ0v) is 9.59. The van der Waals surface area contributed by atoms with Crippen LogP contribution < -0.4 is 21.9 Å².